The number of nitrogen functional groups attached to an aromatic ring is 1. The Morgan fingerprint density at radius 2 is 1.94 bits per heavy atom. The molecule has 5 heteroatoms. The highest BCUT2D eigenvalue weighted by Crippen LogP contribution is 2.23. The third-order valence-electron chi connectivity index (χ3n) is 2.86. The van der Waals surface area contributed by atoms with Gasteiger partial charge in [0, 0.05) is 11.3 Å². The summed E-state index contributed by atoms with van der Waals surface area (Å²) in [5.74, 6) is 0.797. The number of hydrogen-bond acceptors (Lipinski definition) is 4. The van der Waals surface area contributed by atoms with Gasteiger partial charge in [0.05, 0.1) is 22.4 Å². The number of benzene rings is 1. The number of rotatable bonds is 1. The molecular weight excluding hydrogens is 226 g/mol. The van der Waals surface area contributed by atoms with Gasteiger partial charge < -0.3 is 10.7 Å². The molecule has 0 aliphatic carbocycles. The third kappa shape index (κ3) is 1.69. The highest BCUT2D eigenvalue weighted by atomic mass is 15.1. The first-order valence-electron chi connectivity index (χ1n) is 5.70. The molecule has 5 nitrogen and oxygen atoms in total. The van der Waals surface area contributed by atoms with Gasteiger partial charge in [0.15, 0.2) is 0 Å². The molecular formula is C13H13N5. The first-order chi connectivity index (χ1) is 8.63. The summed E-state index contributed by atoms with van der Waals surface area (Å²) in [6, 6.07) is 7.60. The molecule has 0 spiro atoms. The summed E-state index contributed by atoms with van der Waals surface area (Å²) in [4.78, 5) is 7.81. The van der Waals surface area contributed by atoms with Gasteiger partial charge in [-0.15, -0.1) is 0 Å². The molecule has 2 aromatic heterocycles. The molecule has 0 saturated heterocycles. The minimum absolute atomic E-state index is 0.721. The molecule has 3 N–H and O–H groups in total. The fourth-order valence-electron chi connectivity index (χ4n) is 1.94. The molecule has 0 fully saturated rings. The summed E-state index contributed by atoms with van der Waals surface area (Å²) in [7, 11) is 0. The normalized spacial score (nSPS) is 11.0. The van der Waals surface area contributed by atoms with Crippen molar-refractivity contribution in [2.45, 2.75) is 13.8 Å². The van der Waals surface area contributed by atoms with Gasteiger partial charge in [0.2, 0.25) is 0 Å². The van der Waals surface area contributed by atoms with Gasteiger partial charge >= 0.3 is 0 Å². The summed E-state index contributed by atoms with van der Waals surface area (Å²) in [6.07, 6.45) is 0. The summed E-state index contributed by atoms with van der Waals surface area (Å²) < 4.78 is 0. The molecule has 0 bridgehead atoms. The van der Waals surface area contributed by atoms with E-state index in [1.54, 1.807) is 0 Å². The van der Waals surface area contributed by atoms with Crippen molar-refractivity contribution in [1.82, 2.24) is 20.2 Å². The summed E-state index contributed by atoms with van der Waals surface area (Å²) in [5.41, 5.74) is 11.0. The lowest BCUT2D eigenvalue weighted by atomic mass is 10.2. The monoisotopic (exact) mass is 239 g/mol. The number of anilines is 1. The number of aromatic amines is 1. The van der Waals surface area contributed by atoms with E-state index in [-0.39, 0.29) is 0 Å². The molecule has 0 aliphatic heterocycles. The summed E-state index contributed by atoms with van der Waals surface area (Å²) >= 11 is 0. The van der Waals surface area contributed by atoms with Crippen LogP contribution in [-0.4, -0.2) is 20.2 Å². The summed E-state index contributed by atoms with van der Waals surface area (Å²) in [5, 5.41) is 8.13. The first-order valence-corrected chi connectivity index (χ1v) is 5.70. The van der Waals surface area contributed by atoms with Gasteiger partial charge in [0.1, 0.15) is 5.82 Å². The number of hydrogen-bond donors (Lipinski definition) is 2. The van der Waals surface area contributed by atoms with Crippen molar-refractivity contribution in [2.24, 2.45) is 0 Å². The Bertz CT molecular complexity index is 729. The predicted molar refractivity (Wildman–Crippen MR) is 71.0 cm³/mol. The van der Waals surface area contributed by atoms with Crippen LogP contribution in [0.3, 0.4) is 0 Å². The molecule has 18 heavy (non-hydrogen) atoms. The second-order valence-electron chi connectivity index (χ2n) is 4.35. The molecule has 0 aliphatic rings. The molecule has 0 unspecified atom stereocenters. The van der Waals surface area contributed by atoms with Gasteiger partial charge in [0.25, 0.3) is 0 Å². The van der Waals surface area contributed by atoms with Crippen LogP contribution in [0.5, 0.6) is 0 Å². The second kappa shape index (κ2) is 3.80. The Morgan fingerprint density at radius 1 is 1.11 bits per heavy atom. The van der Waals surface area contributed by atoms with Crippen LogP contribution in [0.15, 0.2) is 24.3 Å². The van der Waals surface area contributed by atoms with Crippen LogP contribution in [0.4, 0.5) is 5.69 Å². The van der Waals surface area contributed by atoms with Gasteiger partial charge in [-0.05, 0) is 38.1 Å². The van der Waals surface area contributed by atoms with Crippen molar-refractivity contribution < 1.29 is 0 Å². The van der Waals surface area contributed by atoms with E-state index in [4.69, 9.17) is 5.73 Å². The van der Waals surface area contributed by atoms with E-state index in [9.17, 15) is 0 Å². The smallest absolute Gasteiger partial charge is 0.140 e. The van der Waals surface area contributed by atoms with E-state index in [1.807, 2.05) is 38.1 Å². The fraction of sp³-hybridized carbons (Fsp3) is 0.154. The van der Waals surface area contributed by atoms with E-state index in [1.165, 1.54) is 0 Å². The molecule has 2 heterocycles. The highest BCUT2D eigenvalue weighted by Gasteiger charge is 2.09. The molecule has 0 radical (unpaired) electrons. The van der Waals surface area contributed by atoms with Crippen LogP contribution < -0.4 is 5.73 Å². The quantitative estimate of drug-likeness (QED) is 0.638. The van der Waals surface area contributed by atoms with Crippen molar-refractivity contribution in [2.75, 3.05) is 5.73 Å². The molecule has 1 aromatic carbocycles. The van der Waals surface area contributed by atoms with E-state index in [0.717, 1.165) is 39.5 Å². The Balaban J connectivity index is 2.22. The number of H-pyrrole nitrogens is 1. The largest absolute Gasteiger partial charge is 0.399 e. The maximum absolute atomic E-state index is 5.76. The SMILES string of the molecule is Cc1cc(-c2nc3ccc(N)cc3[nH]2)c(C)nn1. The van der Waals surface area contributed by atoms with Crippen LogP contribution in [-0.2, 0) is 0 Å². The van der Waals surface area contributed by atoms with Crippen molar-refractivity contribution in [1.29, 1.82) is 0 Å². The number of aryl methyl sites for hydroxylation is 2. The zero-order chi connectivity index (χ0) is 12.7. The third-order valence-corrected chi connectivity index (χ3v) is 2.86. The minimum Gasteiger partial charge on any atom is -0.399 e. The number of nitrogens with zero attached hydrogens (tertiary/aromatic N) is 3. The Labute approximate surface area is 104 Å². The second-order valence-corrected chi connectivity index (χ2v) is 4.35. The van der Waals surface area contributed by atoms with E-state index < -0.39 is 0 Å². The lowest BCUT2D eigenvalue weighted by Crippen LogP contribution is -1.94. The maximum Gasteiger partial charge on any atom is 0.140 e. The van der Waals surface area contributed by atoms with Crippen molar-refractivity contribution in [3.05, 3.63) is 35.7 Å². The van der Waals surface area contributed by atoms with Crippen LogP contribution in [0.1, 0.15) is 11.4 Å². The summed E-state index contributed by atoms with van der Waals surface area (Å²) in [6.45, 7) is 3.83. The van der Waals surface area contributed by atoms with E-state index in [0.29, 0.717) is 0 Å². The lowest BCUT2D eigenvalue weighted by molar-refractivity contribution is 0.940. The van der Waals surface area contributed by atoms with E-state index in [2.05, 4.69) is 20.2 Å². The minimum atomic E-state index is 0.721. The first kappa shape index (κ1) is 10.7. The number of fused-ring (bicyclic) bond motifs is 1. The predicted octanol–water partition coefficient (Wildman–Crippen LogP) is 2.22. The van der Waals surface area contributed by atoms with Crippen molar-refractivity contribution in [3.63, 3.8) is 0 Å². The fourth-order valence-corrected chi connectivity index (χ4v) is 1.94. The van der Waals surface area contributed by atoms with Crippen molar-refractivity contribution >= 4 is 16.7 Å². The van der Waals surface area contributed by atoms with Gasteiger partial charge in [-0.1, -0.05) is 0 Å². The molecule has 0 atom stereocenters. The standard InChI is InChI=1S/C13H13N5/c1-7-5-10(8(2)18-17-7)13-15-11-4-3-9(14)6-12(11)16-13/h3-6H,14H2,1-2H3,(H,15,16). The molecule has 0 amide bonds. The Morgan fingerprint density at radius 3 is 2.78 bits per heavy atom. The maximum atomic E-state index is 5.76. The number of nitrogens with two attached hydrogens (primary N) is 1. The van der Waals surface area contributed by atoms with Gasteiger partial charge in [-0.3, -0.25) is 0 Å². The molecule has 3 aromatic rings. The average molecular weight is 239 g/mol. The molecule has 0 saturated carbocycles. The highest BCUT2D eigenvalue weighted by molar-refractivity contribution is 5.82. The zero-order valence-electron chi connectivity index (χ0n) is 10.2. The number of nitrogens with one attached hydrogen (secondary N) is 1. The van der Waals surface area contributed by atoms with Crippen molar-refractivity contribution in [3.8, 4) is 11.4 Å². The topological polar surface area (TPSA) is 80.5 Å². The molecule has 90 valence electrons. The van der Waals surface area contributed by atoms with Crippen LogP contribution >= 0.6 is 0 Å². The van der Waals surface area contributed by atoms with Gasteiger partial charge in [-0.25, -0.2) is 4.98 Å². The average Bonchev–Trinajstić information content (AvgIpc) is 2.74. The van der Waals surface area contributed by atoms with Gasteiger partial charge in [-0.2, -0.15) is 10.2 Å². The number of imidazole rings is 1. The Hall–Kier alpha value is -2.43. The molecule has 3 rings (SSSR count). The van der Waals surface area contributed by atoms with Crippen LogP contribution in [0, 0.1) is 13.8 Å². The lowest BCUT2D eigenvalue weighted by Gasteiger charge is -2.01. The number of aromatic nitrogens is 4. The Kier molecular flexibility index (Phi) is 2.26. The zero-order valence-corrected chi connectivity index (χ0v) is 10.2. The van der Waals surface area contributed by atoms with Crippen LogP contribution in [0.2, 0.25) is 0 Å². The van der Waals surface area contributed by atoms with Crippen LogP contribution in [0.25, 0.3) is 22.4 Å². The van der Waals surface area contributed by atoms with E-state index >= 15 is 0 Å².